The fraction of sp³-hybridized carbons (Fsp3) is 0.250. The van der Waals surface area contributed by atoms with E-state index in [0.29, 0.717) is 22.4 Å². The molecule has 0 fully saturated rings. The van der Waals surface area contributed by atoms with Gasteiger partial charge in [0.1, 0.15) is 11.5 Å². The van der Waals surface area contributed by atoms with Crippen molar-refractivity contribution >= 4 is 16.7 Å². The number of methoxy groups -OCH3 is 1. The number of carbonyl (C=O) groups is 1. The molecular weight excluding hydrogens is 302 g/mol. The van der Waals surface area contributed by atoms with Crippen molar-refractivity contribution < 1.29 is 14.6 Å². The third kappa shape index (κ3) is 2.35. The zero-order chi connectivity index (χ0) is 17.6. The van der Waals surface area contributed by atoms with Crippen molar-refractivity contribution in [2.75, 3.05) is 7.11 Å². The Morgan fingerprint density at radius 3 is 2.46 bits per heavy atom. The highest BCUT2D eigenvalue weighted by Crippen LogP contribution is 2.33. The Hall–Kier alpha value is -2.75. The lowest BCUT2D eigenvalue weighted by atomic mass is 9.96. The Morgan fingerprint density at radius 1 is 1.08 bits per heavy atom. The summed E-state index contributed by atoms with van der Waals surface area (Å²) in [5.74, 6) is 0.810. The number of rotatable bonds is 3. The van der Waals surface area contributed by atoms with Crippen LogP contribution < -0.4 is 4.74 Å². The molecule has 4 nitrogen and oxygen atoms in total. The topological polar surface area (TPSA) is 62.3 Å². The molecule has 0 aliphatic carbocycles. The summed E-state index contributed by atoms with van der Waals surface area (Å²) >= 11 is 0. The molecule has 0 spiro atoms. The van der Waals surface area contributed by atoms with Crippen LogP contribution in [-0.4, -0.2) is 23.0 Å². The van der Waals surface area contributed by atoms with Crippen LogP contribution in [0.3, 0.4) is 0 Å². The zero-order valence-electron chi connectivity index (χ0n) is 14.6. The molecule has 3 aromatic rings. The number of ether oxygens (including phenoxy) is 1. The Bertz CT molecular complexity index is 967. The number of carbonyl (C=O) groups excluding carboxylic acids is 1. The number of hydrogen-bond donors (Lipinski definition) is 2. The highest BCUT2D eigenvalue weighted by Gasteiger charge is 2.21. The zero-order valence-corrected chi connectivity index (χ0v) is 14.6. The summed E-state index contributed by atoms with van der Waals surface area (Å²) in [5.41, 5.74) is 5.33. The largest absolute Gasteiger partial charge is 0.505 e. The number of ketones is 1. The maximum absolute atomic E-state index is 13.1. The van der Waals surface area contributed by atoms with E-state index < -0.39 is 0 Å². The SMILES string of the molecule is COc1cc(C(=O)c2c(C)[nH]c3c(O)c(C)ccc23)cc(C)c1C. The minimum Gasteiger partial charge on any atom is -0.505 e. The second-order valence-electron chi connectivity index (χ2n) is 6.23. The number of aromatic nitrogens is 1. The van der Waals surface area contributed by atoms with E-state index in [1.165, 1.54) is 0 Å². The normalized spacial score (nSPS) is 11.0. The van der Waals surface area contributed by atoms with Gasteiger partial charge in [0.25, 0.3) is 0 Å². The second kappa shape index (κ2) is 5.71. The number of H-pyrrole nitrogens is 1. The van der Waals surface area contributed by atoms with Gasteiger partial charge in [0.05, 0.1) is 18.2 Å². The molecule has 1 aromatic heterocycles. The monoisotopic (exact) mass is 323 g/mol. The van der Waals surface area contributed by atoms with Crippen LogP contribution in [0.5, 0.6) is 11.5 Å². The maximum atomic E-state index is 13.1. The van der Waals surface area contributed by atoms with Crippen LogP contribution >= 0.6 is 0 Å². The third-order valence-corrected chi connectivity index (χ3v) is 4.67. The van der Waals surface area contributed by atoms with E-state index in [0.717, 1.165) is 27.8 Å². The summed E-state index contributed by atoms with van der Waals surface area (Å²) in [6.45, 7) is 7.62. The molecule has 124 valence electrons. The number of nitrogens with one attached hydrogen (secondary N) is 1. The van der Waals surface area contributed by atoms with E-state index in [4.69, 9.17) is 4.74 Å². The van der Waals surface area contributed by atoms with Crippen molar-refractivity contribution in [3.8, 4) is 11.5 Å². The number of aromatic hydroxyl groups is 1. The van der Waals surface area contributed by atoms with Crippen molar-refractivity contribution in [3.63, 3.8) is 0 Å². The van der Waals surface area contributed by atoms with Gasteiger partial charge in [-0.25, -0.2) is 0 Å². The van der Waals surface area contributed by atoms with E-state index in [1.807, 2.05) is 45.9 Å². The summed E-state index contributed by atoms with van der Waals surface area (Å²) in [5, 5.41) is 11.0. The lowest BCUT2D eigenvalue weighted by molar-refractivity contribution is 0.103. The first kappa shape index (κ1) is 16.1. The molecule has 0 saturated heterocycles. The van der Waals surface area contributed by atoms with Gasteiger partial charge in [-0.2, -0.15) is 0 Å². The second-order valence-corrected chi connectivity index (χ2v) is 6.23. The highest BCUT2D eigenvalue weighted by atomic mass is 16.5. The van der Waals surface area contributed by atoms with Crippen LogP contribution in [0.2, 0.25) is 0 Å². The Labute approximate surface area is 141 Å². The van der Waals surface area contributed by atoms with Crippen LogP contribution in [0, 0.1) is 27.7 Å². The molecule has 0 amide bonds. The van der Waals surface area contributed by atoms with E-state index in [2.05, 4.69) is 4.98 Å². The minimum absolute atomic E-state index is 0.0802. The summed E-state index contributed by atoms with van der Waals surface area (Å²) in [4.78, 5) is 16.3. The Kier molecular flexibility index (Phi) is 3.84. The third-order valence-electron chi connectivity index (χ3n) is 4.67. The minimum atomic E-state index is -0.0802. The van der Waals surface area contributed by atoms with Gasteiger partial charge < -0.3 is 14.8 Å². The van der Waals surface area contributed by atoms with Crippen LogP contribution in [0.15, 0.2) is 24.3 Å². The van der Waals surface area contributed by atoms with Crippen molar-refractivity contribution in [2.45, 2.75) is 27.7 Å². The van der Waals surface area contributed by atoms with E-state index >= 15 is 0 Å². The molecule has 1 heterocycles. The quantitative estimate of drug-likeness (QED) is 0.705. The number of phenolic OH excluding ortho intramolecular Hbond substituents is 1. The van der Waals surface area contributed by atoms with Gasteiger partial charge in [-0.1, -0.05) is 12.1 Å². The number of aromatic amines is 1. The fourth-order valence-electron chi connectivity index (χ4n) is 3.09. The van der Waals surface area contributed by atoms with Gasteiger partial charge in [-0.05, 0) is 56.5 Å². The van der Waals surface area contributed by atoms with Gasteiger partial charge in [0.15, 0.2) is 5.78 Å². The Balaban J connectivity index is 2.22. The number of phenols is 1. The molecule has 24 heavy (non-hydrogen) atoms. The van der Waals surface area contributed by atoms with E-state index in [-0.39, 0.29) is 11.5 Å². The van der Waals surface area contributed by atoms with E-state index in [1.54, 1.807) is 13.2 Å². The lowest BCUT2D eigenvalue weighted by Crippen LogP contribution is -2.04. The molecule has 2 N–H and O–H groups in total. The molecule has 4 heteroatoms. The molecule has 0 radical (unpaired) electrons. The first-order valence-corrected chi connectivity index (χ1v) is 7.86. The number of hydrogen-bond acceptors (Lipinski definition) is 3. The average Bonchev–Trinajstić information content (AvgIpc) is 2.89. The van der Waals surface area contributed by atoms with Crippen LogP contribution in [-0.2, 0) is 0 Å². The Morgan fingerprint density at radius 2 is 1.79 bits per heavy atom. The predicted molar refractivity (Wildman–Crippen MR) is 95.3 cm³/mol. The van der Waals surface area contributed by atoms with Crippen LogP contribution in [0.25, 0.3) is 10.9 Å². The average molecular weight is 323 g/mol. The number of benzene rings is 2. The van der Waals surface area contributed by atoms with E-state index in [9.17, 15) is 9.90 Å². The smallest absolute Gasteiger partial charge is 0.195 e. The molecule has 0 aliphatic rings. The molecular formula is C20H21NO3. The molecule has 0 saturated carbocycles. The van der Waals surface area contributed by atoms with Gasteiger partial charge in [-0.15, -0.1) is 0 Å². The van der Waals surface area contributed by atoms with Gasteiger partial charge >= 0.3 is 0 Å². The van der Waals surface area contributed by atoms with Gasteiger partial charge in [0, 0.05) is 16.6 Å². The molecule has 2 aromatic carbocycles. The molecule has 0 atom stereocenters. The predicted octanol–water partition coefficient (Wildman–Crippen LogP) is 4.35. The maximum Gasteiger partial charge on any atom is 0.195 e. The highest BCUT2D eigenvalue weighted by molar-refractivity contribution is 6.18. The molecule has 0 unspecified atom stereocenters. The summed E-state index contributed by atoms with van der Waals surface area (Å²) in [7, 11) is 1.60. The summed E-state index contributed by atoms with van der Waals surface area (Å²) < 4.78 is 5.39. The molecule has 3 rings (SSSR count). The number of fused-ring (bicyclic) bond motifs is 1. The van der Waals surface area contributed by atoms with Gasteiger partial charge in [0.2, 0.25) is 0 Å². The summed E-state index contributed by atoms with van der Waals surface area (Å²) in [6, 6.07) is 7.35. The molecule has 0 aliphatic heterocycles. The summed E-state index contributed by atoms with van der Waals surface area (Å²) in [6.07, 6.45) is 0. The first-order chi connectivity index (χ1) is 11.3. The van der Waals surface area contributed by atoms with Crippen molar-refractivity contribution in [2.24, 2.45) is 0 Å². The first-order valence-electron chi connectivity index (χ1n) is 7.86. The van der Waals surface area contributed by atoms with Gasteiger partial charge in [-0.3, -0.25) is 4.79 Å². The van der Waals surface area contributed by atoms with Crippen LogP contribution in [0.4, 0.5) is 0 Å². The standard InChI is InChI=1S/C20H21NO3/c1-10-6-7-15-17(13(4)21-18(15)19(10)22)20(23)14-8-11(2)12(3)16(9-14)24-5/h6-9,21-22H,1-5H3. The fourth-order valence-corrected chi connectivity index (χ4v) is 3.09. The number of aryl methyl sites for hydroxylation is 3. The van der Waals surface area contributed by atoms with Crippen molar-refractivity contribution in [3.05, 3.63) is 57.8 Å². The van der Waals surface area contributed by atoms with Crippen LogP contribution in [0.1, 0.15) is 38.3 Å². The lowest BCUT2D eigenvalue weighted by Gasteiger charge is -2.11. The van der Waals surface area contributed by atoms with Crippen molar-refractivity contribution in [1.29, 1.82) is 0 Å². The molecule has 0 bridgehead atoms. The van der Waals surface area contributed by atoms with Crippen molar-refractivity contribution in [1.82, 2.24) is 4.98 Å².